The molecule has 0 saturated heterocycles. The van der Waals surface area contributed by atoms with E-state index in [4.69, 9.17) is 0 Å². The van der Waals surface area contributed by atoms with E-state index in [1.54, 1.807) is 0 Å². The van der Waals surface area contributed by atoms with Crippen LogP contribution in [0.25, 0.3) is 0 Å². The van der Waals surface area contributed by atoms with Gasteiger partial charge in [-0.1, -0.05) is 66.2 Å². The average molecular weight is 210 g/mol. The molecule has 1 aliphatic carbocycles. The Bertz CT molecular complexity index is 157. The van der Waals surface area contributed by atoms with Gasteiger partial charge < -0.3 is 0 Å². The van der Waals surface area contributed by atoms with Crippen molar-refractivity contribution in [2.24, 2.45) is 17.3 Å². The molecule has 0 bridgehead atoms. The molecule has 1 rings (SSSR count). The van der Waals surface area contributed by atoms with Crippen molar-refractivity contribution in [3.05, 3.63) is 0 Å². The summed E-state index contributed by atoms with van der Waals surface area (Å²) >= 11 is 0. The Kier molecular flexibility index (Phi) is 5.15. The van der Waals surface area contributed by atoms with Gasteiger partial charge in [0.15, 0.2) is 0 Å². The van der Waals surface area contributed by atoms with Crippen molar-refractivity contribution in [1.82, 2.24) is 0 Å². The Labute approximate surface area is 96.8 Å². The fraction of sp³-hybridized carbons (Fsp3) is 1.00. The minimum Gasteiger partial charge on any atom is -0.0651 e. The van der Waals surface area contributed by atoms with Gasteiger partial charge in [-0.2, -0.15) is 0 Å². The highest BCUT2D eigenvalue weighted by Crippen LogP contribution is 2.49. The molecule has 0 atom stereocenters. The molecule has 0 nitrogen and oxygen atoms in total. The molecule has 0 aromatic heterocycles. The van der Waals surface area contributed by atoms with E-state index in [0.29, 0.717) is 5.41 Å². The molecule has 0 N–H and O–H groups in total. The van der Waals surface area contributed by atoms with Gasteiger partial charge >= 0.3 is 0 Å². The van der Waals surface area contributed by atoms with Crippen molar-refractivity contribution in [2.45, 2.75) is 79.1 Å². The summed E-state index contributed by atoms with van der Waals surface area (Å²) in [5.74, 6) is 1.84. The summed E-state index contributed by atoms with van der Waals surface area (Å²) in [5, 5.41) is 0. The van der Waals surface area contributed by atoms with Crippen LogP contribution in [0.4, 0.5) is 0 Å². The molecule has 0 heterocycles. The van der Waals surface area contributed by atoms with Crippen LogP contribution in [0.2, 0.25) is 0 Å². The topological polar surface area (TPSA) is 0 Å². The Hall–Kier alpha value is 0. The largest absolute Gasteiger partial charge is 0.0651 e. The third kappa shape index (κ3) is 2.77. The molecule has 0 aromatic rings. The summed E-state index contributed by atoms with van der Waals surface area (Å²) in [6, 6.07) is 0. The lowest BCUT2D eigenvalue weighted by atomic mass is 9.61. The smallest absolute Gasteiger partial charge is 0.0246 e. The minimum atomic E-state index is 0.681. The number of hydrogen-bond donors (Lipinski definition) is 0. The second-order valence-corrected chi connectivity index (χ2v) is 5.82. The van der Waals surface area contributed by atoms with Crippen LogP contribution in [0.5, 0.6) is 0 Å². The molecule has 90 valence electrons. The first-order valence-corrected chi connectivity index (χ1v) is 7.17. The highest BCUT2D eigenvalue weighted by atomic mass is 14.4. The first kappa shape index (κ1) is 13.1. The molecular weight excluding hydrogens is 180 g/mol. The Morgan fingerprint density at radius 3 is 1.67 bits per heavy atom. The Balaban J connectivity index is 2.83. The van der Waals surface area contributed by atoms with Crippen LogP contribution in [0, 0.1) is 17.3 Å². The van der Waals surface area contributed by atoms with E-state index in [-0.39, 0.29) is 0 Å². The van der Waals surface area contributed by atoms with E-state index in [0.717, 1.165) is 11.8 Å². The van der Waals surface area contributed by atoms with E-state index in [1.807, 2.05) is 0 Å². The lowest BCUT2D eigenvalue weighted by Crippen LogP contribution is -2.35. The van der Waals surface area contributed by atoms with Gasteiger partial charge in [-0.25, -0.2) is 0 Å². The lowest BCUT2D eigenvalue weighted by molar-refractivity contribution is 0.0611. The molecule has 1 aliphatic rings. The van der Waals surface area contributed by atoms with Crippen LogP contribution in [0.15, 0.2) is 0 Å². The van der Waals surface area contributed by atoms with Crippen molar-refractivity contribution < 1.29 is 0 Å². The summed E-state index contributed by atoms with van der Waals surface area (Å²) in [6.07, 6.45) is 11.7. The molecule has 0 spiro atoms. The maximum Gasteiger partial charge on any atom is -0.0246 e. The number of rotatable bonds is 4. The molecule has 1 saturated carbocycles. The van der Waals surface area contributed by atoms with E-state index in [9.17, 15) is 0 Å². The van der Waals surface area contributed by atoms with Crippen LogP contribution in [0.1, 0.15) is 79.1 Å². The SMILES string of the molecule is CCC(CC)C1(C(C)C)CCCCCC1. The summed E-state index contributed by atoms with van der Waals surface area (Å²) in [6.45, 7) is 9.71. The van der Waals surface area contributed by atoms with Crippen LogP contribution >= 0.6 is 0 Å². The molecule has 1 fully saturated rings. The first-order valence-electron chi connectivity index (χ1n) is 7.17. The van der Waals surface area contributed by atoms with Gasteiger partial charge in [0.25, 0.3) is 0 Å². The fourth-order valence-corrected chi connectivity index (χ4v) is 3.95. The van der Waals surface area contributed by atoms with Crippen molar-refractivity contribution in [3.8, 4) is 0 Å². The zero-order valence-electron chi connectivity index (χ0n) is 11.3. The maximum atomic E-state index is 2.46. The third-order valence-electron chi connectivity index (χ3n) is 4.98. The Morgan fingerprint density at radius 1 is 0.867 bits per heavy atom. The predicted octanol–water partition coefficient (Wildman–Crippen LogP) is 5.42. The van der Waals surface area contributed by atoms with Crippen molar-refractivity contribution >= 4 is 0 Å². The Morgan fingerprint density at radius 2 is 1.33 bits per heavy atom. The zero-order valence-corrected chi connectivity index (χ0v) is 11.3. The van der Waals surface area contributed by atoms with E-state index in [1.165, 1.54) is 51.4 Å². The van der Waals surface area contributed by atoms with Crippen molar-refractivity contribution in [1.29, 1.82) is 0 Å². The second-order valence-electron chi connectivity index (χ2n) is 5.82. The molecule has 0 aromatic carbocycles. The van der Waals surface area contributed by atoms with E-state index < -0.39 is 0 Å². The van der Waals surface area contributed by atoms with Gasteiger partial charge in [0, 0.05) is 0 Å². The summed E-state index contributed by atoms with van der Waals surface area (Å²) in [5.41, 5.74) is 0.681. The third-order valence-corrected chi connectivity index (χ3v) is 4.98. The van der Waals surface area contributed by atoms with Crippen molar-refractivity contribution in [3.63, 3.8) is 0 Å². The summed E-state index contributed by atoms with van der Waals surface area (Å²) in [7, 11) is 0. The first-order chi connectivity index (χ1) is 7.17. The molecule has 0 amide bonds. The highest BCUT2D eigenvalue weighted by Gasteiger charge is 2.39. The minimum absolute atomic E-state index is 0.681. The average Bonchev–Trinajstić information content (AvgIpc) is 2.46. The fourth-order valence-electron chi connectivity index (χ4n) is 3.95. The van der Waals surface area contributed by atoms with Crippen LogP contribution in [-0.4, -0.2) is 0 Å². The molecular formula is C15H30. The highest BCUT2D eigenvalue weighted by molar-refractivity contribution is 4.89. The van der Waals surface area contributed by atoms with Crippen LogP contribution < -0.4 is 0 Å². The van der Waals surface area contributed by atoms with Gasteiger partial charge in [-0.3, -0.25) is 0 Å². The molecule has 0 aliphatic heterocycles. The van der Waals surface area contributed by atoms with Gasteiger partial charge in [0.2, 0.25) is 0 Å². The van der Waals surface area contributed by atoms with Gasteiger partial charge in [-0.15, -0.1) is 0 Å². The molecule has 0 unspecified atom stereocenters. The van der Waals surface area contributed by atoms with Gasteiger partial charge in [-0.05, 0) is 30.1 Å². The van der Waals surface area contributed by atoms with E-state index >= 15 is 0 Å². The van der Waals surface area contributed by atoms with Gasteiger partial charge in [0.05, 0.1) is 0 Å². The van der Waals surface area contributed by atoms with E-state index in [2.05, 4.69) is 27.7 Å². The molecule has 0 heteroatoms. The normalized spacial score (nSPS) is 22.0. The van der Waals surface area contributed by atoms with Crippen LogP contribution in [0.3, 0.4) is 0 Å². The molecule has 0 radical (unpaired) electrons. The second kappa shape index (κ2) is 5.92. The summed E-state index contributed by atoms with van der Waals surface area (Å²) < 4.78 is 0. The van der Waals surface area contributed by atoms with Gasteiger partial charge in [0.1, 0.15) is 0 Å². The monoisotopic (exact) mass is 210 g/mol. The predicted molar refractivity (Wildman–Crippen MR) is 69.0 cm³/mol. The quantitative estimate of drug-likeness (QED) is 0.544. The van der Waals surface area contributed by atoms with Crippen molar-refractivity contribution in [2.75, 3.05) is 0 Å². The standard InChI is InChI=1S/C15H30/c1-5-14(6-2)15(13(3)4)11-9-7-8-10-12-15/h13-14H,5-12H2,1-4H3. The number of hydrogen-bond acceptors (Lipinski definition) is 0. The summed E-state index contributed by atoms with van der Waals surface area (Å²) in [4.78, 5) is 0. The zero-order chi connectivity index (χ0) is 11.3. The lowest BCUT2D eigenvalue weighted by Gasteiger charge is -2.44. The van der Waals surface area contributed by atoms with Crippen LogP contribution in [-0.2, 0) is 0 Å². The molecule has 15 heavy (non-hydrogen) atoms. The maximum absolute atomic E-state index is 2.46.